The Bertz CT molecular complexity index is 1530. The van der Waals surface area contributed by atoms with Gasteiger partial charge in [0.1, 0.15) is 34.2 Å². The summed E-state index contributed by atoms with van der Waals surface area (Å²) in [4.78, 5) is 9.41. The molecular weight excluding hydrogens is 488 g/mol. The predicted molar refractivity (Wildman–Crippen MR) is 136 cm³/mol. The highest BCUT2D eigenvalue weighted by Gasteiger charge is 2.24. The predicted octanol–water partition coefficient (Wildman–Crippen LogP) is 6.12. The van der Waals surface area contributed by atoms with E-state index in [0.717, 1.165) is 36.4 Å². The van der Waals surface area contributed by atoms with E-state index in [1.807, 2.05) is 37.5 Å². The quantitative estimate of drug-likeness (QED) is 0.320. The Kier molecular flexibility index (Phi) is 6.11. The molecule has 3 aromatic heterocycles. The Morgan fingerprint density at radius 3 is 2.54 bits per heavy atom. The third-order valence-corrected chi connectivity index (χ3v) is 7.52. The Labute approximate surface area is 209 Å². The van der Waals surface area contributed by atoms with Crippen molar-refractivity contribution in [2.24, 2.45) is 0 Å². The highest BCUT2D eigenvalue weighted by Crippen LogP contribution is 2.36. The van der Waals surface area contributed by atoms with Crippen molar-refractivity contribution in [3.63, 3.8) is 0 Å². The van der Waals surface area contributed by atoms with E-state index in [-0.39, 0.29) is 16.3 Å². The molecule has 1 aliphatic rings. The molecule has 35 heavy (non-hydrogen) atoms. The molecule has 0 spiro atoms. The lowest BCUT2D eigenvalue weighted by atomic mass is 10.1. The molecule has 1 aliphatic heterocycles. The van der Waals surface area contributed by atoms with Gasteiger partial charge in [-0.3, -0.25) is 4.57 Å². The Balaban J connectivity index is 1.61. The van der Waals surface area contributed by atoms with Crippen LogP contribution in [-0.2, 0) is 14.6 Å². The number of nitrogens with zero attached hydrogens (tertiary/aromatic N) is 3. The summed E-state index contributed by atoms with van der Waals surface area (Å²) in [7, 11) is -3.57. The number of hydrogen-bond acceptors (Lipinski definition) is 7. The molecule has 1 fully saturated rings. The summed E-state index contributed by atoms with van der Waals surface area (Å²) >= 11 is 6.40. The third-order valence-electron chi connectivity index (χ3n) is 6.19. The maximum atomic E-state index is 12.8. The zero-order chi connectivity index (χ0) is 24.9. The molecular formula is C25H27ClN4O4S. The van der Waals surface area contributed by atoms with Gasteiger partial charge >= 0.3 is 0 Å². The average molecular weight is 515 g/mol. The zero-order valence-electron chi connectivity index (χ0n) is 20.1. The minimum atomic E-state index is -3.57. The van der Waals surface area contributed by atoms with Gasteiger partial charge < -0.3 is 14.5 Å². The summed E-state index contributed by atoms with van der Waals surface area (Å²) in [6.07, 6.45) is 4.00. The van der Waals surface area contributed by atoms with E-state index in [2.05, 4.69) is 10.3 Å². The minimum absolute atomic E-state index is 0.149. The Morgan fingerprint density at radius 2 is 1.89 bits per heavy atom. The highest BCUT2D eigenvalue weighted by atomic mass is 35.5. The van der Waals surface area contributed by atoms with Crippen LogP contribution in [-0.4, -0.2) is 35.8 Å². The maximum absolute atomic E-state index is 12.8. The second kappa shape index (κ2) is 8.96. The molecule has 0 bridgehead atoms. The number of sulfone groups is 1. The molecule has 4 heterocycles. The van der Waals surface area contributed by atoms with E-state index in [1.54, 1.807) is 18.2 Å². The zero-order valence-corrected chi connectivity index (χ0v) is 21.6. The molecule has 10 heteroatoms. The lowest BCUT2D eigenvalue weighted by Gasteiger charge is -2.25. The maximum Gasteiger partial charge on any atom is 0.177 e. The van der Waals surface area contributed by atoms with Crippen molar-refractivity contribution in [2.45, 2.75) is 51.2 Å². The lowest BCUT2D eigenvalue weighted by Crippen LogP contribution is -2.19. The smallest absolute Gasteiger partial charge is 0.177 e. The Morgan fingerprint density at radius 1 is 1.09 bits per heavy atom. The van der Waals surface area contributed by atoms with Crippen LogP contribution in [0.2, 0.25) is 5.15 Å². The largest absolute Gasteiger partial charge is 0.461 e. The second-order valence-electron chi connectivity index (χ2n) is 8.99. The number of aryl methyl sites for hydroxylation is 3. The van der Waals surface area contributed by atoms with Gasteiger partial charge in [0, 0.05) is 24.5 Å². The monoisotopic (exact) mass is 514 g/mol. The fourth-order valence-electron chi connectivity index (χ4n) is 4.66. The fraction of sp³-hybridized carbons (Fsp3) is 0.360. The number of halogens is 1. The van der Waals surface area contributed by atoms with Gasteiger partial charge in [-0.15, -0.1) is 0 Å². The van der Waals surface area contributed by atoms with Gasteiger partial charge in [0.15, 0.2) is 15.5 Å². The number of anilines is 2. The summed E-state index contributed by atoms with van der Waals surface area (Å²) in [6.45, 7) is 6.39. The molecule has 8 nitrogen and oxygen atoms in total. The first-order chi connectivity index (χ1) is 16.6. The summed E-state index contributed by atoms with van der Waals surface area (Å²) in [5.74, 6) is 2.17. The second-order valence-corrected chi connectivity index (χ2v) is 11.4. The van der Waals surface area contributed by atoms with E-state index in [0.29, 0.717) is 40.5 Å². The summed E-state index contributed by atoms with van der Waals surface area (Å²) < 4.78 is 39.3. The molecule has 184 valence electrons. The van der Waals surface area contributed by atoms with E-state index in [1.165, 1.54) is 6.26 Å². The number of benzene rings is 1. The average Bonchev–Trinajstić information content (AvgIpc) is 3.31. The van der Waals surface area contributed by atoms with E-state index in [9.17, 15) is 8.42 Å². The number of ether oxygens (including phenoxy) is 1. The normalized spacial score (nSPS) is 16.7. The van der Waals surface area contributed by atoms with Crippen molar-refractivity contribution in [1.29, 1.82) is 0 Å². The topological polar surface area (TPSA) is 99.2 Å². The molecule has 5 rings (SSSR count). The first kappa shape index (κ1) is 23.8. The standard InChI is InChI=1S/C25H27ClN4O4S/c1-14-11-15(2)34-24(14)17-8-9-18(20(12-17)35(4,31)32)28-19-13-21(26)29-25-23(19)27-16(3)30(25)22-7-5-6-10-33-22/h8-9,11-13,22H,5-7,10H2,1-4H3,(H,28,29). The third kappa shape index (κ3) is 4.55. The molecule has 0 radical (unpaired) electrons. The summed E-state index contributed by atoms with van der Waals surface area (Å²) in [5, 5.41) is 3.53. The number of pyridine rings is 1. The minimum Gasteiger partial charge on any atom is -0.461 e. The van der Waals surface area contributed by atoms with Gasteiger partial charge in [-0.25, -0.2) is 18.4 Å². The first-order valence-electron chi connectivity index (χ1n) is 11.5. The van der Waals surface area contributed by atoms with Gasteiger partial charge in [0.25, 0.3) is 0 Å². The van der Waals surface area contributed by atoms with Crippen LogP contribution in [0.15, 0.2) is 39.6 Å². The van der Waals surface area contributed by atoms with E-state index in [4.69, 9.17) is 25.7 Å². The number of hydrogen-bond donors (Lipinski definition) is 1. The van der Waals surface area contributed by atoms with Gasteiger partial charge in [-0.05, 0) is 69.9 Å². The van der Waals surface area contributed by atoms with Crippen LogP contribution in [0.5, 0.6) is 0 Å². The molecule has 1 aromatic carbocycles. The van der Waals surface area contributed by atoms with Crippen LogP contribution < -0.4 is 5.32 Å². The lowest BCUT2D eigenvalue weighted by molar-refractivity contribution is -0.0309. The van der Waals surface area contributed by atoms with Crippen molar-refractivity contribution in [3.05, 3.63) is 52.6 Å². The number of furan rings is 1. The van der Waals surface area contributed by atoms with Gasteiger partial charge in [0.2, 0.25) is 0 Å². The van der Waals surface area contributed by atoms with Gasteiger partial charge in [-0.2, -0.15) is 0 Å². The van der Waals surface area contributed by atoms with Gasteiger partial charge in [0.05, 0.1) is 16.3 Å². The summed E-state index contributed by atoms with van der Waals surface area (Å²) in [5.41, 5.74) is 3.82. The van der Waals surface area contributed by atoms with Crippen LogP contribution in [0.4, 0.5) is 11.4 Å². The summed E-state index contributed by atoms with van der Waals surface area (Å²) in [6, 6.07) is 8.77. The first-order valence-corrected chi connectivity index (χ1v) is 13.7. The number of imidazole rings is 1. The SMILES string of the molecule is Cc1cc(C)c(-c2ccc(Nc3cc(Cl)nc4c3nc(C)n4C3CCCCO3)c(S(C)(=O)=O)c2)o1. The molecule has 1 N–H and O–H groups in total. The molecule has 0 saturated carbocycles. The van der Waals surface area contributed by atoms with Crippen molar-refractivity contribution < 1.29 is 17.6 Å². The van der Waals surface area contributed by atoms with Crippen LogP contribution in [0.25, 0.3) is 22.5 Å². The van der Waals surface area contributed by atoms with Crippen LogP contribution in [0.1, 0.15) is 42.6 Å². The van der Waals surface area contributed by atoms with E-state index >= 15 is 0 Å². The molecule has 1 saturated heterocycles. The molecule has 0 amide bonds. The van der Waals surface area contributed by atoms with Gasteiger partial charge in [-0.1, -0.05) is 11.6 Å². The number of aromatic nitrogens is 3. The Hall–Kier alpha value is -2.88. The van der Waals surface area contributed by atoms with Crippen LogP contribution in [0.3, 0.4) is 0 Å². The van der Waals surface area contributed by atoms with E-state index < -0.39 is 9.84 Å². The van der Waals surface area contributed by atoms with Crippen molar-refractivity contribution in [2.75, 3.05) is 18.2 Å². The van der Waals surface area contributed by atoms with Crippen molar-refractivity contribution in [3.8, 4) is 11.3 Å². The number of fused-ring (bicyclic) bond motifs is 1. The van der Waals surface area contributed by atoms with Crippen LogP contribution in [0, 0.1) is 20.8 Å². The molecule has 1 atom stereocenters. The number of rotatable bonds is 5. The van der Waals surface area contributed by atoms with Crippen molar-refractivity contribution in [1.82, 2.24) is 14.5 Å². The number of nitrogens with one attached hydrogen (secondary N) is 1. The highest BCUT2D eigenvalue weighted by molar-refractivity contribution is 7.90. The molecule has 4 aromatic rings. The fourth-order valence-corrected chi connectivity index (χ4v) is 5.70. The molecule has 1 unspecified atom stereocenters. The van der Waals surface area contributed by atoms with Crippen LogP contribution >= 0.6 is 11.6 Å². The molecule has 0 aliphatic carbocycles. The van der Waals surface area contributed by atoms with Crippen molar-refractivity contribution >= 4 is 44.0 Å².